The van der Waals surface area contributed by atoms with Crippen LogP contribution in [-0.4, -0.2) is 49.2 Å². The van der Waals surface area contributed by atoms with Gasteiger partial charge in [-0.3, -0.25) is 4.79 Å². The van der Waals surface area contributed by atoms with Crippen LogP contribution >= 0.6 is 0 Å². The van der Waals surface area contributed by atoms with Crippen LogP contribution in [0.15, 0.2) is 0 Å². The largest absolute Gasteiger partial charge is 0.387 e. The zero-order valence-electron chi connectivity index (χ0n) is 10.7. The highest BCUT2D eigenvalue weighted by Crippen LogP contribution is 2.01. The van der Waals surface area contributed by atoms with Crippen LogP contribution in [-0.2, 0) is 4.79 Å². The Morgan fingerprint density at radius 1 is 1.19 bits per heavy atom. The van der Waals surface area contributed by atoms with E-state index in [-0.39, 0.29) is 12.5 Å². The Hall–Kier alpha value is -0.610. The van der Waals surface area contributed by atoms with Crippen LogP contribution in [0, 0.1) is 0 Å². The number of rotatable bonds is 10. The fourth-order valence-corrected chi connectivity index (χ4v) is 1.59. The molecule has 0 radical (unpaired) electrons. The van der Waals surface area contributed by atoms with Crippen molar-refractivity contribution in [3.63, 3.8) is 0 Å². The fraction of sp³-hybridized carbons (Fsp3) is 0.917. The molecule has 2 N–H and O–H groups in total. The molecule has 16 heavy (non-hydrogen) atoms. The quantitative estimate of drug-likeness (QED) is 0.550. The van der Waals surface area contributed by atoms with Gasteiger partial charge in [-0.25, -0.2) is 0 Å². The maximum atomic E-state index is 11.4. The molecule has 96 valence electrons. The van der Waals surface area contributed by atoms with Crippen molar-refractivity contribution >= 4 is 5.91 Å². The predicted molar refractivity (Wildman–Crippen MR) is 66.4 cm³/mol. The third-order valence-electron chi connectivity index (χ3n) is 2.62. The number of unbranched alkanes of at least 4 members (excludes halogenated alkanes) is 3. The predicted octanol–water partition coefficient (Wildman–Crippen LogP) is 0.997. The number of carbonyl (C=O) groups excluding carboxylic acids is 1. The molecule has 0 saturated carbocycles. The minimum absolute atomic E-state index is 0.137. The van der Waals surface area contributed by atoms with Crippen LogP contribution < -0.4 is 5.32 Å². The summed E-state index contributed by atoms with van der Waals surface area (Å²) in [6.07, 6.45) is 5.39. The third kappa shape index (κ3) is 7.65. The molecule has 0 aliphatic heterocycles. The standard InChI is InChI=1S/C12H26N2O2/c1-3-4-9-14(12(16)11-15)10-7-5-6-8-13-2/h13,15H,3-11H2,1-2H3. The van der Waals surface area contributed by atoms with Crippen LogP contribution in [0.25, 0.3) is 0 Å². The molecule has 0 heterocycles. The SMILES string of the molecule is CCCCN(CCCCCNC)C(=O)CO. The van der Waals surface area contributed by atoms with Crippen LogP contribution in [0.3, 0.4) is 0 Å². The molecule has 1 amide bonds. The van der Waals surface area contributed by atoms with Gasteiger partial charge in [-0.15, -0.1) is 0 Å². The molecule has 0 bridgehead atoms. The Balaban J connectivity index is 3.69. The monoisotopic (exact) mass is 230 g/mol. The normalized spacial score (nSPS) is 10.4. The molecule has 0 unspecified atom stereocenters. The summed E-state index contributed by atoms with van der Waals surface area (Å²) < 4.78 is 0. The fourth-order valence-electron chi connectivity index (χ4n) is 1.59. The molecule has 0 spiro atoms. The summed E-state index contributed by atoms with van der Waals surface area (Å²) in [5.41, 5.74) is 0. The van der Waals surface area contributed by atoms with Gasteiger partial charge in [0.2, 0.25) is 5.91 Å². The highest BCUT2D eigenvalue weighted by molar-refractivity contribution is 5.77. The molecule has 0 rings (SSSR count). The summed E-state index contributed by atoms with van der Waals surface area (Å²) in [5, 5.41) is 11.9. The first-order valence-electron chi connectivity index (χ1n) is 6.29. The molecule has 4 heteroatoms. The Kier molecular flexibility index (Phi) is 10.5. The van der Waals surface area contributed by atoms with Crippen molar-refractivity contribution in [3.05, 3.63) is 0 Å². The van der Waals surface area contributed by atoms with E-state index in [0.717, 1.165) is 51.7 Å². The van der Waals surface area contributed by atoms with Gasteiger partial charge in [-0.1, -0.05) is 19.8 Å². The molecule has 0 saturated heterocycles. The van der Waals surface area contributed by atoms with Gasteiger partial charge >= 0.3 is 0 Å². The van der Waals surface area contributed by atoms with Crippen LogP contribution in [0.4, 0.5) is 0 Å². The number of nitrogens with zero attached hydrogens (tertiary/aromatic N) is 1. The molecule has 0 aromatic carbocycles. The minimum atomic E-state index is -0.361. The average molecular weight is 230 g/mol. The van der Waals surface area contributed by atoms with Gasteiger partial charge in [0.05, 0.1) is 0 Å². The van der Waals surface area contributed by atoms with Crippen molar-refractivity contribution in [2.75, 3.05) is 33.3 Å². The van der Waals surface area contributed by atoms with Crippen LogP contribution in [0.1, 0.15) is 39.0 Å². The zero-order valence-corrected chi connectivity index (χ0v) is 10.7. The topological polar surface area (TPSA) is 52.6 Å². The summed E-state index contributed by atoms with van der Waals surface area (Å²) in [7, 11) is 1.95. The number of hydrogen-bond acceptors (Lipinski definition) is 3. The summed E-state index contributed by atoms with van der Waals surface area (Å²) in [5.74, 6) is -0.137. The van der Waals surface area contributed by atoms with Gasteiger partial charge < -0.3 is 15.3 Å². The number of carbonyl (C=O) groups is 1. The van der Waals surface area contributed by atoms with E-state index in [1.54, 1.807) is 4.90 Å². The molecule has 0 fully saturated rings. The Labute approximate surface area is 99.0 Å². The first kappa shape index (κ1) is 15.4. The van der Waals surface area contributed by atoms with E-state index in [2.05, 4.69) is 12.2 Å². The van der Waals surface area contributed by atoms with E-state index in [1.165, 1.54) is 0 Å². The minimum Gasteiger partial charge on any atom is -0.387 e. The van der Waals surface area contributed by atoms with E-state index in [9.17, 15) is 4.79 Å². The highest BCUT2D eigenvalue weighted by Gasteiger charge is 2.10. The number of amides is 1. The molecule has 0 aliphatic carbocycles. The van der Waals surface area contributed by atoms with Gasteiger partial charge in [0.15, 0.2) is 0 Å². The average Bonchev–Trinajstić information content (AvgIpc) is 2.31. The molecule has 0 aromatic rings. The molecule has 0 aliphatic rings. The van der Waals surface area contributed by atoms with Crippen molar-refractivity contribution in [1.82, 2.24) is 10.2 Å². The lowest BCUT2D eigenvalue weighted by Crippen LogP contribution is -2.35. The van der Waals surface area contributed by atoms with E-state index in [0.29, 0.717) is 0 Å². The van der Waals surface area contributed by atoms with Crippen molar-refractivity contribution in [3.8, 4) is 0 Å². The van der Waals surface area contributed by atoms with Gasteiger partial charge in [0.1, 0.15) is 6.61 Å². The van der Waals surface area contributed by atoms with Gasteiger partial charge in [-0.2, -0.15) is 0 Å². The van der Waals surface area contributed by atoms with Crippen LogP contribution in [0.2, 0.25) is 0 Å². The second-order valence-electron chi connectivity index (χ2n) is 4.06. The lowest BCUT2D eigenvalue weighted by molar-refractivity contribution is -0.134. The first-order valence-corrected chi connectivity index (χ1v) is 6.29. The molecular formula is C12H26N2O2. The molecule has 4 nitrogen and oxygen atoms in total. The first-order chi connectivity index (χ1) is 7.76. The van der Waals surface area contributed by atoms with E-state index < -0.39 is 0 Å². The van der Waals surface area contributed by atoms with E-state index in [1.807, 2.05) is 7.05 Å². The number of aliphatic hydroxyl groups is 1. The van der Waals surface area contributed by atoms with Gasteiger partial charge in [0.25, 0.3) is 0 Å². The zero-order chi connectivity index (χ0) is 12.2. The summed E-state index contributed by atoms with van der Waals surface area (Å²) >= 11 is 0. The van der Waals surface area contributed by atoms with E-state index in [4.69, 9.17) is 5.11 Å². The molecule has 0 aromatic heterocycles. The lowest BCUT2D eigenvalue weighted by Gasteiger charge is -2.21. The molecule has 0 atom stereocenters. The van der Waals surface area contributed by atoms with Gasteiger partial charge in [0, 0.05) is 13.1 Å². The number of nitrogens with one attached hydrogen (secondary N) is 1. The van der Waals surface area contributed by atoms with E-state index >= 15 is 0 Å². The smallest absolute Gasteiger partial charge is 0.248 e. The van der Waals surface area contributed by atoms with Crippen molar-refractivity contribution in [2.45, 2.75) is 39.0 Å². The maximum Gasteiger partial charge on any atom is 0.248 e. The summed E-state index contributed by atoms with van der Waals surface area (Å²) in [6.45, 7) is 4.34. The Morgan fingerprint density at radius 3 is 2.44 bits per heavy atom. The third-order valence-corrected chi connectivity index (χ3v) is 2.62. The van der Waals surface area contributed by atoms with Crippen molar-refractivity contribution in [2.24, 2.45) is 0 Å². The molecular weight excluding hydrogens is 204 g/mol. The number of hydrogen-bond donors (Lipinski definition) is 2. The maximum absolute atomic E-state index is 11.4. The van der Waals surface area contributed by atoms with Crippen molar-refractivity contribution < 1.29 is 9.90 Å². The second-order valence-corrected chi connectivity index (χ2v) is 4.06. The number of aliphatic hydroxyl groups excluding tert-OH is 1. The van der Waals surface area contributed by atoms with Gasteiger partial charge in [-0.05, 0) is 32.9 Å². The highest BCUT2D eigenvalue weighted by atomic mass is 16.3. The summed E-state index contributed by atoms with van der Waals surface area (Å²) in [4.78, 5) is 13.2. The summed E-state index contributed by atoms with van der Waals surface area (Å²) in [6, 6.07) is 0. The van der Waals surface area contributed by atoms with Crippen molar-refractivity contribution in [1.29, 1.82) is 0 Å². The Morgan fingerprint density at radius 2 is 1.88 bits per heavy atom. The van der Waals surface area contributed by atoms with Crippen LogP contribution in [0.5, 0.6) is 0 Å². The second kappa shape index (κ2) is 10.9. The lowest BCUT2D eigenvalue weighted by atomic mass is 10.2. The Bertz CT molecular complexity index is 174.